The molecule has 0 aliphatic heterocycles. The van der Waals surface area contributed by atoms with Crippen LogP contribution in [0, 0.1) is 0 Å². The zero-order valence-corrected chi connectivity index (χ0v) is 13.1. The summed E-state index contributed by atoms with van der Waals surface area (Å²) in [6.07, 6.45) is 5.77. The minimum absolute atomic E-state index is 0.629. The van der Waals surface area contributed by atoms with E-state index in [0.29, 0.717) is 19.3 Å². The maximum absolute atomic E-state index is 5.53. The molecule has 0 heterocycles. The Morgan fingerprint density at radius 2 is 1.58 bits per heavy atom. The van der Waals surface area contributed by atoms with Gasteiger partial charge in [0.25, 0.3) is 0 Å². The Hall–Kier alpha value is -0.160. The van der Waals surface area contributed by atoms with E-state index >= 15 is 0 Å². The molecule has 19 heavy (non-hydrogen) atoms. The van der Waals surface area contributed by atoms with Crippen LogP contribution in [0.15, 0.2) is 0 Å². The van der Waals surface area contributed by atoms with Crippen LogP contribution < -0.4 is 5.32 Å². The molecule has 0 aromatic heterocycles. The van der Waals surface area contributed by atoms with E-state index in [-0.39, 0.29) is 0 Å². The molecule has 1 N–H and O–H groups in total. The molecule has 1 atom stereocenters. The molecule has 0 aromatic carbocycles. The van der Waals surface area contributed by atoms with Gasteiger partial charge in [-0.2, -0.15) is 0 Å². The van der Waals surface area contributed by atoms with Crippen LogP contribution in [0.5, 0.6) is 0 Å². The molecule has 0 aliphatic carbocycles. The molecule has 0 aromatic rings. The maximum atomic E-state index is 5.53. The van der Waals surface area contributed by atoms with E-state index in [0.717, 1.165) is 39.2 Å². The number of nitrogens with one attached hydrogen (secondary N) is 1. The summed E-state index contributed by atoms with van der Waals surface area (Å²) in [6, 6.07) is 0.629. The van der Waals surface area contributed by atoms with Gasteiger partial charge in [-0.15, -0.1) is 0 Å². The molecule has 0 fully saturated rings. The van der Waals surface area contributed by atoms with Crippen LogP contribution in [0.4, 0.5) is 0 Å². The Morgan fingerprint density at radius 3 is 2.21 bits per heavy atom. The van der Waals surface area contributed by atoms with Crippen molar-refractivity contribution >= 4 is 0 Å². The van der Waals surface area contributed by atoms with Crippen LogP contribution in [0.3, 0.4) is 0 Å². The first-order valence-corrected chi connectivity index (χ1v) is 7.69. The third kappa shape index (κ3) is 15.8. The highest BCUT2D eigenvalue weighted by Gasteiger charge is 1.99. The second-order valence-electron chi connectivity index (χ2n) is 4.92. The second kappa shape index (κ2) is 15.9. The lowest BCUT2D eigenvalue weighted by Crippen LogP contribution is -2.26. The number of methoxy groups -OCH3 is 1. The van der Waals surface area contributed by atoms with Crippen LogP contribution in [-0.4, -0.2) is 52.7 Å². The van der Waals surface area contributed by atoms with Gasteiger partial charge in [-0.25, -0.2) is 0 Å². The maximum Gasteiger partial charge on any atom is 0.0700 e. The third-order valence-corrected chi connectivity index (χ3v) is 2.93. The standard InChI is InChI=1S/C15H33NO3/c1-4-9-16-15(2)8-5-6-11-18-13-14-19-12-7-10-17-3/h15-16H,4-14H2,1-3H3. The number of hydrogen-bond donors (Lipinski definition) is 1. The minimum Gasteiger partial charge on any atom is -0.385 e. The Bertz CT molecular complexity index is 167. The van der Waals surface area contributed by atoms with Gasteiger partial charge in [0.15, 0.2) is 0 Å². The van der Waals surface area contributed by atoms with Crippen molar-refractivity contribution < 1.29 is 14.2 Å². The van der Waals surface area contributed by atoms with Gasteiger partial charge in [0.05, 0.1) is 13.2 Å². The summed E-state index contributed by atoms with van der Waals surface area (Å²) in [4.78, 5) is 0. The average Bonchev–Trinajstić information content (AvgIpc) is 2.42. The summed E-state index contributed by atoms with van der Waals surface area (Å²) in [6.45, 7) is 9.35. The highest BCUT2D eigenvalue weighted by Crippen LogP contribution is 2.00. The van der Waals surface area contributed by atoms with Crippen molar-refractivity contribution in [3.05, 3.63) is 0 Å². The molecule has 4 nitrogen and oxygen atoms in total. The Labute approximate surface area is 119 Å². The van der Waals surface area contributed by atoms with Crippen molar-refractivity contribution in [2.75, 3.05) is 46.7 Å². The third-order valence-electron chi connectivity index (χ3n) is 2.93. The van der Waals surface area contributed by atoms with Crippen LogP contribution >= 0.6 is 0 Å². The van der Waals surface area contributed by atoms with E-state index in [1.807, 2.05) is 0 Å². The summed E-state index contributed by atoms with van der Waals surface area (Å²) < 4.78 is 15.9. The summed E-state index contributed by atoms with van der Waals surface area (Å²) >= 11 is 0. The van der Waals surface area contributed by atoms with Crippen molar-refractivity contribution in [2.45, 2.75) is 52.0 Å². The van der Waals surface area contributed by atoms with Gasteiger partial charge in [-0.3, -0.25) is 0 Å². The zero-order chi connectivity index (χ0) is 14.2. The molecule has 0 saturated carbocycles. The molecule has 0 radical (unpaired) electrons. The predicted octanol–water partition coefficient (Wildman–Crippen LogP) is 2.61. The van der Waals surface area contributed by atoms with Crippen LogP contribution in [0.2, 0.25) is 0 Å². The summed E-state index contributed by atoms with van der Waals surface area (Å²) in [7, 11) is 1.71. The van der Waals surface area contributed by atoms with Crippen LogP contribution in [0.1, 0.15) is 46.0 Å². The van der Waals surface area contributed by atoms with Gasteiger partial charge in [0.2, 0.25) is 0 Å². The summed E-state index contributed by atoms with van der Waals surface area (Å²) in [5, 5.41) is 3.50. The zero-order valence-electron chi connectivity index (χ0n) is 13.1. The molecule has 0 aliphatic rings. The monoisotopic (exact) mass is 275 g/mol. The van der Waals surface area contributed by atoms with Crippen LogP contribution in [0.25, 0.3) is 0 Å². The SMILES string of the molecule is CCCNC(C)CCCCOCCOCCCOC. The van der Waals surface area contributed by atoms with Crippen molar-refractivity contribution in [3.8, 4) is 0 Å². The number of unbranched alkanes of at least 4 members (excludes halogenated alkanes) is 1. The Kier molecular flexibility index (Phi) is 15.8. The minimum atomic E-state index is 0.629. The first-order chi connectivity index (χ1) is 9.31. The van der Waals surface area contributed by atoms with Crippen molar-refractivity contribution in [2.24, 2.45) is 0 Å². The highest BCUT2D eigenvalue weighted by atomic mass is 16.5. The molecule has 0 rings (SSSR count). The van der Waals surface area contributed by atoms with Gasteiger partial charge in [-0.05, 0) is 45.6 Å². The van der Waals surface area contributed by atoms with E-state index in [9.17, 15) is 0 Å². The smallest absolute Gasteiger partial charge is 0.0700 e. The molecule has 0 spiro atoms. The molecule has 0 bridgehead atoms. The lowest BCUT2D eigenvalue weighted by atomic mass is 10.1. The average molecular weight is 275 g/mol. The van der Waals surface area contributed by atoms with Crippen LogP contribution in [-0.2, 0) is 14.2 Å². The summed E-state index contributed by atoms with van der Waals surface area (Å²) in [5.41, 5.74) is 0. The molecule has 1 unspecified atom stereocenters. The fourth-order valence-electron chi connectivity index (χ4n) is 1.77. The van der Waals surface area contributed by atoms with E-state index < -0.39 is 0 Å². The Morgan fingerprint density at radius 1 is 0.895 bits per heavy atom. The second-order valence-corrected chi connectivity index (χ2v) is 4.92. The number of hydrogen-bond acceptors (Lipinski definition) is 4. The molecule has 0 amide bonds. The molecular formula is C15H33NO3. The van der Waals surface area contributed by atoms with Gasteiger partial charge in [-0.1, -0.05) is 6.92 Å². The van der Waals surface area contributed by atoms with Gasteiger partial charge >= 0.3 is 0 Å². The molecule has 0 saturated heterocycles. The summed E-state index contributed by atoms with van der Waals surface area (Å²) in [5.74, 6) is 0. The van der Waals surface area contributed by atoms with E-state index in [2.05, 4.69) is 19.2 Å². The van der Waals surface area contributed by atoms with Gasteiger partial charge in [0, 0.05) is 33.0 Å². The predicted molar refractivity (Wildman–Crippen MR) is 79.7 cm³/mol. The van der Waals surface area contributed by atoms with Crippen molar-refractivity contribution in [1.29, 1.82) is 0 Å². The normalized spacial score (nSPS) is 12.8. The lowest BCUT2D eigenvalue weighted by molar-refractivity contribution is 0.0386. The highest BCUT2D eigenvalue weighted by molar-refractivity contribution is 4.59. The first-order valence-electron chi connectivity index (χ1n) is 7.69. The van der Waals surface area contributed by atoms with Gasteiger partial charge in [0.1, 0.15) is 0 Å². The van der Waals surface area contributed by atoms with Crippen molar-refractivity contribution in [3.63, 3.8) is 0 Å². The molecule has 4 heteroatoms. The first kappa shape index (κ1) is 18.8. The van der Waals surface area contributed by atoms with Crippen molar-refractivity contribution in [1.82, 2.24) is 5.32 Å². The largest absolute Gasteiger partial charge is 0.385 e. The van der Waals surface area contributed by atoms with E-state index in [1.165, 1.54) is 19.3 Å². The lowest BCUT2D eigenvalue weighted by Gasteiger charge is -2.12. The topological polar surface area (TPSA) is 39.7 Å². The molecule has 116 valence electrons. The quantitative estimate of drug-likeness (QED) is 0.466. The number of ether oxygens (including phenoxy) is 3. The number of rotatable bonds is 15. The Balaban J connectivity index is 3.02. The fraction of sp³-hybridized carbons (Fsp3) is 1.00. The van der Waals surface area contributed by atoms with E-state index in [4.69, 9.17) is 14.2 Å². The molecular weight excluding hydrogens is 242 g/mol. The van der Waals surface area contributed by atoms with Gasteiger partial charge < -0.3 is 19.5 Å². The van der Waals surface area contributed by atoms with E-state index in [1.54, 1.807) is 7.11 Å². The fourth-order valence-corrected chi connectivity index (χ4v) is 1.77.